The first-order valence-electron chi connectivity index (χ1n) is 6.85. The first-order chi connectivity index (χ1) is 11.1. The number of benzene rings is 1. The predicted molar refractivity (Wildman–Crippen MR) is 78.6 cm³/mol. The normalized spacial score (nSPS) is 11.9. The van der Waals surface area contributed by atoms with E-state index in [-0.39, 0.29) is 0 Å². The third-order valence-electron chi connectivity index (χ3n) is 3.26. The van der Waals surface area contributed by atoms with E-state index in [0.29, 0.717) is 11.8 Å². The van der Waals surface area contributed by atoms with E-state index in [4.69, 9.17) is 4.42 Å². The molecule has 0 bridgehead atoms. The number of furan rings is 1. The monoisotopic (exact) mass is 314 g/mol. The first kappa shape index (κ1) is 14.9. The van der Waals surface area contributed by atoms with Crippen molar-refractivity contribution < 1.29 is 18.0 Å². The fourth-order valence-corrected chi connectivity index (χ4v) is 2.20. The topological polar surface area (TPSA) is 55.1 Å². The van der Waals surface area contributed by atoms with Gasteiger partial charge in [0.25, 0.3) is 5.91 Å². The van der Waals surface area contributed by atoms with Gasteiger partial charge in [0.05, 0.1) is 12.5 Å². The Kier molecular flexibility index (Phi) is 4.14. The Morgan fingerprint density at radius 1 is 1.13 bits per heavy atom. The fraction of sp³-hybridized carbons (Fsp3) is 0.0588. The summed E-state index contributed by atoms with van der Waals surface area (Å²) in [5.74, 6) is -2.13. The summed E-state index contributed by atoms with van der Waals surface area (Å²) in [5.41, 5.74) is 0.289. The predicted octanol–water partition coefficient (Wildman–Crippen LogP) is 3.47. The Labute approximate surface area is 130 Å². The van der Waals surface area contributed by atoms with Gasteiger partial charge in [-0.05, 0) is 17.7 Å². The summed E-state index contributed by atoms with van der Waals surface area (Å²) in [6.07, 6.45) is 2.27. The van der Waals surface area contributed by atoms with Crippen molar-refractivity contribution in [1.29, 1.82) is 0 Å². The van der Waals surface area contributed by atoms with Crippen molar-refractivity contribution in [2.45, 2.75) is 6.04 Å². The van der Waals surface area contributed by atoms with Gasteiger partial charge in [-0.3, -0.25) is 4.79 Å². The number of hydrogen-bond donors (Lipinski definition) is 1. The van der Waals surface area contributed by atoms with Gasteiger partial charge in [0.1, 0.15) is 17.6 Å². The summed E-state index contributed by atoms with van der Waals surface area (Å²) >= 11 is 0. The lowest BCUT2D eigenvalue weighted by atomic mass is 10.0. The Balaban J connectivity index is 1.91. The number of nitrogens with zero attached hydrogens (tertiary/aromatic N) is 1. The van der Waals surface area contributed by atoms with Crippen LogP contribution in [0, 0.1) is 11.6 Å². The van der Waals surface area contributed by atoms with Gasteiger partial charge in [0, 0.05) is 6.07 Å². The summed E-state index contributed by atoms with van der Waals surface area (Å²) in [7, 11) is 0. The lowest BCUT2D eigenvalue weighted by molar-refractivity contribution is 0.0929. The van der Waals surface area contributed by atoms with E-state index in [1.54, 1.807) is 12.1 Å². The van der Waals surface area contributed by atoms with Crippen molar-refractivity contribution in [1.82, 2.24) is 10.3 Å². The smallest absolute Gasteiger partial charge is 0.273 e. The molecule has 116 valence electrons. The molecular weight excluding hydrogens is 302 g/mol. The number of aromatic nitrogens is 1. The minimum absolute atomic E-state index is 0.473. The molecule has 23 heavy (non-hydrogen) atoms. The number of carbonyl (C=O) groups excluding carboxylic acids is 1. The Bertz CT molecular complexity index is 805. The lowest BCUT2D eigenvalue weighted by Gasteiger charge is -2.17. The molecule has 2 heterocycles. The Morgan fingerprint density at radius 2 is 1.91 bits per heavy atom. The zero-order valence-electron chi connectivity index (χ0n) is 11.9. The third kappa shape index (κ3) is 3.26. The summed E-state index contributed by atoms with van der Waals surface area (Å²) in [4.78, 5) is 15.8. The number of pyridine rings is 1. The molecule has 2 aromatic heterocycles. The second kappa shape index (κ2) is 6.39. The molecule has 1 N–H and O–H groups in total. The molecule has 1 amide bonds. The quantitative estimate of drug-likeness (QED) is 0.802. The van der Waals surface area contributed by atoms with E-state index in [1.165, 1.54) is 6.26 Å². The largest absolute Gasteiger partial charge is 0.467 e. The van der Waals surface area contributed by atoms with Gasteiger partial charge < -0.3 is 9.73 Å². The Hall–Kier alpha value is -3.02. The van der Waals surface area contributed by atoms with E-state index in [1.807, 2.05) is 30.3 Å². The summed E-state index contributed by atoms with van der Waals surface area (Å²) in [6.45, 7) is 0. The molecule has 6 heteroatoms. The van der Waals surface area contributed by atoms with E-state index < -0.39 is 29.3 Å². The highest BCUT2D eigenvalue weighted by atomic mass is 19.1. The lowest BCUT2D eigenvalue weighted by Crippen LogP contribution is -2.30. The van der Waals surface area contributed by atoms with Crippen LogP contribution in [0.25, 0.3) is 0 Å². The van der Waals surface area contributed by atoms with Crippen molar-refractivity contribution in [3.8, 4) is 0 Å². The highest BCUT2D eigenvalue weighted by molar-refractivity contribution is 5.93. The van der Waals surface area contributed by atoms with Crippen molar-refractivity contribution in [3.63, 3.8) is 0 Å². The molecule has 0 fully saturated rings. The van der Waals surface area contributed by atoms with E-state index in [2.05, 4.69) is 10.3 Å². The number of hydrogen-bond acceptors (Lipinski definition) is 3. The van der Waals surface area contributed by atoms with Crippen molar-refractivity contribution in [3.05, 3.63) is 89.6 Å². The minimum atomic E-state index is -1.02. The molecule has 0 unspecified atom stereocenters. The van der Waals surface area contributed by atoms with Crippen LogP contribution in [0.3, 0.4) is 0 Å². The van der Waals surface area contributed by atoms with Crippen LogP contribution in [0.1, 0.15) is 27.9 Å². The molecule has 3 rings (SSSR count). The molecule has 0 spiro atoms. The van der Waals surface area contributed by atoms with E-state index >= 15 is 0 Å². The second-order valence-corrected chi connectivity index (χ2v) is 4.82. The zero-order chi connectivity index (χ0) is 16.2. The zero-order valence-corrected chi connectivity index (χ0v) is 11.9. The van der Waals surface area contributed by atoms with Crippen molar-refractivity contribution >= 4 is 5.91 Å². The second-order valence-electron chi connectivity index (χ2n) is 4.82. The highest BCUT2D eigenvalue weighted by Gasteiger charge is 2.22. The summed E-state index contributed by atoms with van der Waals surface area (Å²) in [6, 6.07) is 12.5. The highest BCUT2D eigenvalue weighted by Crippen LogP contribution is 2.23. The van der Waals surface area contributed by atoms with E-state index in [9.17, 15) is 13.6 Å². The number of rotatable bonds is 4. The number of amides is 1. The van der Waals surface area contributed by atoms with Gasteiger partial charge in [-0.25, -0.2) is 13.8 Å². The maximum atomic E-state index is 13.7. The molecule has 0 radical (unpaired) electrons. The van der Waals surface area contributed by atoms with Crippen LogP contribution in [0.5, 0.6) is 0 Å². The average Bonchev–Trinajstić information content (AvgIpc) is 3.07. The van der Waals surface area contributed by atoms with E-state index in [0.717, 1.165) is 11.8 Å². The van der Waals surface area contributed by atoms with Gasteiger partial charge in [0.2, 0.25) is 0 Å². The van der Waals surface area contributed by atoms with Crippen LogP contribution < -0.4 is 5.32 Å². The molecule has 0 saturated heterocycles. The molecular formula is C17H12F2N2O2. The van der Waals surface area contributed by atoms with Crippen molar-refractivity contribution in [2.24, 2.45) is 0 Å². The van der Waals surface area contributed by atoms with Crippen LogP contribution in [-0.2, 0) is 0 Å². The van der Waals surface area contributed by atoms with Gasteiger partial charge in [0.15, 0.2) is 11.5 Å². The van der Waals surface area contributed by atoms with Crippen LogP contribution in [0.15, 0.2) is 65.4 Å². The minimum Gasteiger partial charge on any atom is -0.467 e. The van der Waals surface area contributed by atoms with Gasteiger partial charge >= 0.3 is 0 Å². The SMILES string of the molecule is O=C(N[C@H](c1ccccc1)c1ccco1)c1ncc(F)cc1F. The maximum absolute atomic E-state index is 13.7. The van der Waals surface area contributed by atoms with Gasteiger partial charge in [-0.15, -0.1) is 0 Å². The van der Waals surface area contributed by atoms with Gasteiger partial charge in [-0.1, -0.05) is 30.3 Å². The molecule has 4 nitrogen and oxygen atoms in total. The van der Waals surface area contributed by atoms with Crippen LogP contribution in [-0.4, -0.2) is 10.9 Å². The average molecular weight is 314 g/mol. The molecule has 0 aliphatic heterocycles. The third-order valence-corrected chi connectivity index (χ3v) is 3.26. The molecule has 1 atom stereocenters. The molecule has 0 saturated carbocycles. The van der Waals surface area contributed by atoms with Gasteiger partial charge in [-0.2, -0.15) is 0 Å². The molecule has 0 aliphatic carbocycles. The van der Waals surface area contributed by atoms with Crippen LogP contribution in [0.4, 0.5) is 8.78 Å². The summed E-state index contributed by atoms with van der Waals surface area (Å²) in [5, 5.41) is 2.65. The number of halogens is 2. The molecule has 1 aromatic carbocycles. The van der Waals surface area contributed by atoms with Crippen LogP contribution >= 0.6 is 0 Å². The number of carbonyl (C=O) groups is 1. The Morgan fingerprint density at radius 3 is 2.57 bits per heavy atom. The molecule has 0 aliphatic rings. The number of nitrogens with one attached hydrogen (secondary N) is 1. The van der Waals surface area contributed by atoms with Crippen LogP contribution in [0.2, 0.25) is 0 Å². The standard InChI is InChI=1S/C17H12F2N2O2/c18-12-9-13(19)16(20-10-12)17(22)21-15(14-7-4-8-23-14)11-5-2-1-3-6-11/h1-10,15H,(H,21,22)/t15-/m1/s1. The maximum Gasteiger partial charge on any atom is 0.273 e. The summed E-state index contributed by atoms with van der Waals surface area (Å²) < 4.78 is 32.0. The molecule has 3 aromatic rings. The van der Waals surface area contributed by atoms with Crippen molar-refractivity contribution in [2.75, 3.05) is 0 Å². The first-order valence-corrected chi connectivity index (χ1v) is 6.85. The fourth-order valence-electron chi connectivity index (χ4n) is 2.20.